The largest absolute Gasteiger partial charge is 0.486 e. The molecule has 3 heterocycles. The molecule has 7 nitrogen and oxygen atoms in total. The van der Waals surface area contributed by atoms with Crippen LogP contribution in [0.5, 0.6) is 11.5 Å². The molecule has 1 amide bonds. The minimum absolute atomic E-state index is 0.00403. The zero-order chi connectivity index (χ0) is 19.2. The number of carbonyl (C=O) groups excluding carboxylic acids is 1. The number of amides is 1. The summed E-state index contributed by atoms with van der Waals surface area (Å²) in [5.41, 5.74) is 1.63. The summed E-state index contributed by atoms with van der Waals surface area (Å²) in [5, 5.41) is 0. The third kappa shape index (κ3) is 4.61. The predicted molar refractivity (Wildman–Crippen MR) is 103 cm³/mol. The number of rotatable bonds is 6. The number of pyridine rings is 1. The van der Waals surface area contributed by atoms with Gasteiger partial charge in [0, 0.05) is 18.9 Å². The Morgan fingerprint density at radius 2 is 1.89 bits per heavy atom. The highest BCUT2D eigenvalue weighted by Crippen LogP contribution is 2.31. The average Bonchev–Trinajstić information content (AvgIpc) is 2.77. The van der Waals surface area contributed by atoms with Crippen molar-refractivity contribution < 1.29 is 23.9 Å². The van der Waals surface area contributed by atoms with Crippen LogP contribution in [0.3, 0.4) is 0 Å². The highest BCUT2D eigenvalue weighted by atomic mass is 16.6. The van der Waals surface area contributed by atoms with Gasteiger partial charge in [0.1, 0.15) is 26.3 Å². The molecular weight excluding hydrogens is 358 g/mol. The molecule has 1 aromatic carbocycles. The Hall–Kier alpha value is -2.64. The van der Waals surface area contributed by atoms with Crippen molar-refractivity contribution in [3.8, 4) is 11.5 Å². The van der Waals surface area contributed by atoms with Crippen molar-refractivity contribution in [2.45, 2.75) is 6.54 Å². The molecule has 0 atom stereocenters. The van der Waals surface area contributed by atoms with Crippen LogP contribution in [0.1, 0.15) is 15.9 Å². The second kappa shape index (κ2) is 9.03. The van der Waals surface area contributed by atoms with Crippen molar-refractivity contribution in [1.82, 2.24) is 9.88 Å². The average molecular weight is 384 g/mol. The van der Waals surface area contributed by atoms with Crippen LogP contribution in [-0.2, 0) is 11.3 Å². The van der Waals surface area contributed by atoms with Crippen LogP contribution in [0.15, 0.2) is 42.7 Å². The molecule has 0 spiro atoms. The van der Waals surface area contributed by atoms with Gasteiger partial charge in [-0.05, 0) is 29.8 Å². The number of nitrogens with zero attached hydrogens (tertiary/aromatic N) is 2. The van der Waals surface area contributed by atoms with Crippen LogP contribution in [-0.4, -0.2) is 68.4 Å². The summed E-state index contributed by atoms with van der Waals surface area (Å²) in [6.45, 7) is 6.76. The second-order valence-corrected chi connectivity index (χ2v) is 7.06. The molecule has 1 N–H and O–H groups in total. The lowest BCUT2D eigenvalue weighted by Gasteiger charge is -2.28. The smallest absolute Gasteiger partial charge is 0.255 e. The highest BCUT2D eigenvalue weighted by molar-refractivity contribution is 5.93. The Labute approximate surface area is 164 Å². The van der Waals surface area contributed by atoms with E-state index in [0.717, 1.165) is 49.9 Å². The summed E-state index contributed by atoms with van der Waals surface area (Å²) in [6.07, 6.45) is 3.31. The van der Waals surface area contributed by atoms with Crippen molar-refractivity contribution in [3.05, 3.63) is 53.9 Å². The van der Waals surface area contributed by atoms with Gasteiger partial charge in [-0.3, -0.25) is 9.78 Å². The van der Waals surface area contributed by atoms with Crippen molar-refractivity contribution in [2.24, 2.45) is 0 Å². The highest BCUT2D eigenvalue weighted by Gasteiger charge is 2.21. The summed E-state index contributed by atoms with van der Waals surface area (Å²) in [5.74, 6) is 1.50. The number of carbonyl (C=O) groups is 1. The van der Waals surface area contributed by atoms with Crippen molar-refractivity contribution >= 4 is 5.91 Å². The molecule has 0 unspecified atom stereocenters. The van der Waals surface area contributed by atoms with E-state index in [0.29, 0.717) is 31.9 Å². The van der Waals surface area contributed by atoms with Gasteiger partial charge in [0.2, 0.25) is 0 Å². The zero-order valence-electron chi connectivity index (χ0n) is 15.9. The molecule has 1 aromatic heterocycles. The van der Waals surface area contributed by atoms with Gasteiger partial charge in [0.05, 0.1) is 31.9 Å². The first kappa shape index (κ1) is 18.7. The number of nitrogens with one attached hydrogen (secondary N) is 1. The van der Waals surface area contributed by atoms with Crippen molar-refractivity contribution in [1.29, 1.82) is 0 Å². The fourth-order valence-electron chi connectivity index (χ4n) is 3.53. The van der Waals surface area contributed by atoms with Crippen molar-refractivity contribution in [2.75, 3.05) is 52.6 Å². The summed E-state index contributed by atoms with van der Waals surface area (Å²) in [4.78, 5) is 20.6. The number of ether oxygens (including phenoxy) is 3. The summed E-state index contributed by atoms with van der Waals surface area (Å²) in [6, 6.07) is 9.50. The lowest BCUT2D eigenvalue weighted by Crippen LogP contribution is -3.14. The molecule has 1 fully saturated rings. The van der Waals surface area contributed by atoms with Gasteiger partial charge in [-0.2, -0.15) is 0 Å². The van der Waals surface area contributed by atoms with Crippen LogP contribution in [0.25, 0.3) is 0 Å². The fourth-order valence-corrected chi connectivity index (χ4v) is 3.53. The van der Waals surface area contributed by atoms with Gasteiger partial charge in [-0.1, -0.05) is 6.07 Å². The standard InChI is InChI=1S/C21H25N3O4/c25-21(18-2-1-5-22-15-18)24(7-6-23-8-10-26-11-9-23)16-17-3-4-19-20(14-17)28-13-12-27-19/h1-5,14-15H,6-13,16H2/p+1. The van der Waals surface area contributed by atoms with E-state index >= 15 is 0 Å². The molecule has 0 aliphatic carbocycles. The third-order valence-corrected chi connectivity index (χ3v) is 5.11. The first-order chi connectivity index (χ1) is 13.8. The van der Waals surface area contributed by atoms with Gasteiger partial charge in [0.15, 0.2) is 11.5 Å². The quantitative estimate of drug-likeness (QED) is 0.782. The van der Waals surface area contributed by atoms with E-state index < -0.39 is 0 Å². The maximum atomic E-state index is 13.1. The van der Waals surface area contributed by atoms with Crippen molar-refractivity contribution in [3.63, 3.8) is 0 Å². The first-order valence-electron chi connectivity index (χ1n) is 9.79. The van der Waals surface area contributed by atoms with Gasteiger partial charge >= 0.3 is 0 Å². The molecule has 0 saturated carbocycles. The number of benzene rings is 1. The minimum Gasteiger partial charge on any atom is -0.486 e. The Bertz CT molecular complexity index is 793. The van der Waals surface area contributed by atoms with E-state index in [1.807, 2.05) is 29.2 Å². The molecule has 7 heteroatoms. The maximum Gasteiger partial charge on any atom is 0.255 e. The molecule has 28 heavy (non-hydrogen) atoms. The molecule has 0 bridgehead atoms. The lowest BCUT2D eigenvalue weighted by atomic mass is 10.1. The van der Waals surface area contributed by atoms with Crippen LogP contribution >= 0.6 is 0 Å². The van der Waals surface area contributed by atoms with E-state index in [1.54, 1.807) is 18.5 Å². The Kier molecular flexibility index (Phi) is 6.04. The van der Waals surface area contributed by atoms with Gasteiger partial charge in [0.25, 0.3) is 5.91 Å². The zero-order valence-corrected chi connectivity index (χ0v) is 15.9. The van der Waals surface area contributed by atoms with E-state index in [1.165, 1.54) is 4.90 Å². The number of fused-ring (bicyclic) bond motifs is 1. The lowest BCUT2D eigenvalue weighted by molar-refractivity contribution is -0.907. The van der Waals surface area contributed by atoms with Crippen LogP contribution in [0, 0.1) is 0 Å². The number of hydrogen-bond acceptors (Lipinski definition) is 5. The molecule has 2 aliphatic rings. The number of hydrogen-bond donors (Lipinski definition) is 1. The Morgan fingerprint density at radius 3 is 2.68 bits per heavy atom. The topological polar surface area (TPSA) is 65.3 Å². The minimum atomic E-state index is -0.00403. The third-order valence-electron chi connectivity index (χ3n) is 5.11. The van der Waals surface area contributed by atoms with Crippen LogP contribution in [0.2, 0.25) is 0 Å². The number of morpholine rings is 1. The summed E-state index contributed by atoms with van der Waals surface area (Å²) < 4.78 is 16.7. The predicted octanol–water partition coefficient (Wildman–Crippen LogP) is 0.410. The van der Waals surface area contributed by atoms with E-state index in [9.17, 15) is 4.79 Å². The number of quaternary nitrogens is 1. The van der Waals surface area contributed by atoms with Gasteiger partial charge < -0.3 is 24.0 Å². The monoisotopic (exact) mass is 384 g/mol. The van der Waals surface area contributed by atoms with E-state index in [2.05, 4.69) is 4.98 Å². The summed E-state index contributed by atoms with van der Waals surface area (Å²) >= 11 is 0. The maximum absolute atomic E-state index is 13.1. The van der Waals surface area contributed by atoms with E-state index in [-0.39, 0.29) is 5.91 Å². The SMILES string of the molecule is O=C(c1cccnc1)N(CC[NH+]1CCOCC1)Cc1ccc2c(c1)OCCO2. The second-order valence-electron chi connectivity index (χ2n) is 7.06. The van der Waals surface area contributed by atoms with Gasteiger partial charge in [-0.15, -0.1) is 0 Å². The molecule has 2 aliphatic heterocycles. The number of aromatic nitrogens is 1. The molecule has 4 rings (SSSR count). The molecule has 148 valence electrons. The Morgan fingerprint density at radius 1 is 1.07 bits per heavy atom. The normalized spacial score (nSPS) is 16.6. The molecule has 2 aromatic rings. The van der Waals surface area contributed by atoms with Gasteiger partial charge in [-0.25, -0.2) is 0 Å². The molecule has 0 radical (unpaired) electrons. The molecular formula is C21H26N3O4+. The molecule has 1 saturated heterocycles. The van der Waals surface area contributed by atoms with Crippen LogP contribution in [0.4, 0.5) is 0 Å². The van der Waals surface area contributed by atoms with Crippen LogP contribution < -0.4 is 14.4 Å². The Balaban J connectivity index is 1.49. The first-order valence-corrected chi connectivity index (χ1v) is 9.79. The fraction of sp³-hybridized carbons (Fsp3) is 0.429. The summed E-state index contributed by atoms with van der Waals surface area (Å²) in [7, 11) is 0. The van der Waals surface area contributed by atoms with E-state index in [4.69, 9.17) is 14.2 Å².